The molecule has 126 valence electrons. The lowest BCUT2D eigenvalue weighted by Gasteiger charge is -2.07. The van der Waals surface area contributed by atoms with Gasteiger partial charge < -0.3 is 15.1 Å². The zero-order valence-electron chi connectivity index (χ0n) is 13.3. The molecule has 0 unspecified atom stereocenters. The van der Waals surface area contributed by atoms with Crippen molar-refractivity contribution in [3.63, 3.8) is 0 Å². The first-order valence-corrected chi connectivity index (χ1v) is 7.65. The van der Waals surface area contributed by atoms with Crippen molar-refractivity contribution < 1.29 is 14.0 Å². The zero-order valence-corrected chi connectivity index (χ0v) is 13.3. The summed E-state index contributed by atoms with van der Waals surface area (Å²) >= 11 is 0. The molecule has 0 spiro atoms. The molecule has 7 heteroatoms. The number of rotatable bonds is 6. The third-order valence-corrected chi connectivity index (χ3v) is 3.44. The zero-order chi connectivity index (χ0) is 17.5. The highest BCUT2D eigenvalue weighted by Crippen LogP contribution is 2.05. The van der Waals surface area contributed by atoms with Gasteiger partial charge >= 0.3 is 0 Å². The van der Waals surface area contributed by atoms with E-state index in [-0.39, 0.29) is 18.4 Å². The van der Waals surface area contributed by atoms with Crippen molar-refractivity contribution in [2.45, 2.75) is 13.1 Å². The highest BCUT2D eigenvalue weighted by atomic mass is 16.3. The maximum atomic E-state index is 12.2. The number of carbonyl (C=O) groups is 2. The molecular formula is C18H16N4O3. The fourth-order valence-electron chi connectivity index (χ4n) is 2.16. The fourth-order valence-corrected chi connectivity index (χ4v) is 2.16. The summed E-state index contributed by atoms with van der Waals surface area (Å²) < 4.78 is 5.16. The number of furan rings is 1. The molecule has 0 fully saturated rings. The number of aromatic nitrogens is 2. The normalized spacial score (nSPS) is 10.2. The van der Waals surface area contributed by atoms with E-state index >= 15 is 0 Å². The van der Waals surface area contributed by atoms with Gasteiger partial charge in [0.05, 0.1) is 23.9 Å². The van der Waals surface area contributed by atoms with Gasteiger partial charge in [0, 0.05) is 31.3 Å². The molecule has 0 saturated heterocycles. The van der Waals surface area contributed by atoms with Gasteiger partial charge in [0.1, 0.15) is 5.76 Å². The number of nitrogens with zero attached hydrogens (tertiary/aromatic N) is 2. The third-order valence-electron chi connectivity index (χ3n) is 3.44. The van der Waals surface area contributed by atoms with Crippen LogP contribution in [0.4, 0.5) is 0 Å². The largest absolute Gasteiger partial charge is 0.467 e. The van der Waals surface area contributed by atoms with Gasteiger partial charge in [0.2, 0.25) is 0 Å². The minimum absolute atomic E-state index is 0.267. The quantitative estimate of drug-likeness (QED) is 0.717. The van der Waals surface area contributed by atoms with Gasteiger partial charge in [-0.1, -0.05) is 6.07 Å². The van der Waals surface area contributed by atoms with Crippen LogP contribution in [0.1, 0.15) is 32.0 Å². The van der Waals surface area contributed by atoms with Crippen molar-refractivity contribution in [1.82, 2.24) is 20.6 Å². The summed E-state index contributed by atoms with van der Waals surface area (Å²) in [6.07, 6.45) is 7.71. The van der Waals surface area contributed by atoms with Crippen LogP contribution in [0.2, 0.25) is 0 Å². The van der Waals surface area contributed by atoms with E-state index in [1.54, 1.807) is 30.6 Å². The van der Waals surface area contributed by atoms with E-state index in [1.807, 2.05) is 6.07 Å². The van der Waals surface area contributed by atoms with E-state index < -0.39 is 0 Å². The molecule has 2 N–H and O–H groups in total. The minimum Gasteiger partial charge on any atom is -0.467 e. The summed E-state index contributed by atoms with van der Waals surface area (Å²) in [6, 6.07) is 8.68. The summed E-state index contributed by atoms with van der Waals surface area (Å²) in [7, 11) is 0. The predicted molar refractivity (Wildman–Crippen MR) is 89.5 cm³/mol. The molecule has 25 heavy (non-hydrogen) atoms. The lowest BCUT2D eigenvalue weighted by molar-refractivity contribution is 0.0947. The van der Waals surface area contributed by atoms with Gasteiger partial charge in [-0.2, -0.15) is 0 Å². The second-order valence-electron chi connectivity index (χ2n) is 5.27. The highest BCUT2D eigenvalue weighted by molar-refractivity contribution is 5.99. The third kappa shape index (κ3) is 4.51. The SMILES string of the molecule is O=C(NCc1cccnc1)c1cncc(C(=O)NCc2ccco2)c1. The number of nitrogens with one attached hydrogen (secondary N) is 2. The topological polar surface area (TPSA) is 97.1 Å². The van der Waals surface area contributed by atoms with Crippen molar-refractivity contribution in [2.24, 2.45) is 0 Å². The molecule has 3 aromatic rings. The Kier molecular flexibility index (Phi) is 5.16. The van der Waals surface area contributed by atoms with Crippen LogP contribution >= 0.6 is 0 Å². The molecular weight excluding hydrogens is 320 g/mol. The van der Waals surface area contributed by atoms with Crippen molar-refractivity contribution in [2.75, 3.05) is 0 Å². The predicted octanol–water partition coefficient (Wildman–Crippen LogP) is 1.93. The van der Waals surface area contributed by atoms with E-state index in [0.29, 0.717) is 23.4 Å². The van der Waals surface area contributed by atoms with Crippen LogP contribution in [0.15, 0.2) is 65.8 Å². The second kappa shape index (κ2) is 7.87. The molecule has 0 aliphatic heterocycles. The summed E-state index contributed by atoms with van der Waals surface area (Å²) in [5, 5.41) is 5.48. The van der Waals surface area contributed by atoms with E-state index in [0.717, 1.165) is 5.56 Å². The lowest BCUT2D eigenvalue weighted by Crippen LogP contribution is -2.25. The maximum Gasteiger partial charge on any atom is 0.253 e. The van der Waals surface area contributed by atoms with Crippen molar-refractivity contribution in [3.05, 3.63) is 83.8 Å². The first-order chi connectivity index (χ1) is 12.2. The van der Waals surface area contributed by atoms with Gasteiger partial charge in [0.15, 0.2) is 0 Å². The van der Waals surface area contributed by atoms with Crippen molar-refractivity contribution in [3.8, 4) is 0 Å². The van der Waals surface area contributed by atoms with E-state index in [4.69, 9.17) is 4.42 Å². The molecule has 0 aliphatic rings. The summed E-state index contributed by atoms with van der Waals surface area (Å²) in [5.74, 6) is 0.00882. The lowest BCUT2D eigenvalue weighted by atomic mass is 10.2. The number of pyridine rings is 2. The summed E-state index contributed by atoms with van der Waals surface area (Å²) in [5.41, 5.74) is 1.51. The van der Waals surface area contributed by atoms with Crippen LogP contribution in [-0.2, 0) is 13.1 Å². The molecule has 0 radical (unpaired) electrons. The Morgan fingerprint density at radius 1 is 0.920 bits per heavy atom. The molecule has 3 aromatic heterocycles. The average Bonchev–Trinajstić information content (AvgIpc) is 3.18. The Morgan fingerprint density at radius 3 is 2.32 bits per heavy atom. The molecule has 0 bridgehead atoms. The average molecular weight is 336 g/mol. The van der Waals surface area contributed by atoms with Crippen LogP contribution in [-0.4, -0.2) is 21.8 Å². The Morgan fingerprint density at radius 2 is 1.68 bits per heavy atom. The fraction of sp³-hybridized carbons (Fsp3) is 0.111. The maximum absolute atomic E-state index is 12.2. The second-order valence-corrected chi connectivity index (χ2v) is 5.27. The van der Waals surface area contributed by atoms with E-state index in [1.165, 1.54) is 24.7 Å². The Hall–Kier alpha value is -3.48. The number of carbonyl (C=O) groups excluding carboxylic acids is 2. The molecule has 2 amide bonds. The van der Waals surface area contributed by atoms with Crippen LogP contribution in [0.25, 0.3) is 0 Å². The number of amides is 2. The Labute approximate surface area is 144 Å². The Balaban J connectivity index is 1.60. The molecule has 0 aromatic carbocycles. The first kappa shape index (κ1) is 16.4. The highest BCUT2D eigenvalue weighted by Gasteiger charge is 2.11. The van der Waals surface area contributed by atoms with Crippen molar-refractivity contribution >= 4 is 11.8 Å². The monoisotopic (exact) mass is 336 g/mol. The van der Waals surface area contributed by atoms with Crippen LogP contribution in [0.5, 0.6) is 0 Å². The minimum atomic E-state index is -0.328. The van der Waals surface area contributed by atoms with Crippen LogP contribution in [0.3, 0.4) is 0 Å². The van der Waals surface area contributed by atoms with Gasteiger partial charge in [-0.25, -0.2) is 0 Å². The van der Waals surface area contributed by atoms with Crippen LogP contribution in [0, 0.1) is 0 Å². The number of hydrogen-bond acceptors (Lipinski definition) is 5. The van der Waals surface area contributed by atoms with Gasteiger partial charge in [-0.15, -0.1) is 0 Å². The molecule has 0 saturated carbocycles. The van der Waals surface area contributed by atoms with Crippen LogP contribution < -0.4 is 10.6 Å². The van der Waals surface area contributed by atoms with Gasteiger partial charge in [0.25, 0.3) is 11.8 Å². The standard InChI is InChI=1S/C18H16N4O3/c23-17(21-9-13-3-1-5-19-8-13)14-7-15(11-20-10-14)18(24)22-12-16-4-2-6-25-16/h1-8,10-11H,9,12H2,(H,21,23)(H,22,24). The molecule has 3 rings (SSSR count). The molecule has 0 aliphatic carbocycles. The Bertz CT molecular complexity index is 848. The van der Waals surface area contributed by atoms with Crippen molar-refractivity contribution in [1.29, 1.82) is 0 Å². The molecule has 3 heterocycles. The summed E-state index contributed by atoms with van der Waals surface area (Å²) in [6.45, 7) is 0.616. The summed E-state index contributed by atoms with van der Waals surface area (Å²) in [4.78, 5) is 32.3. The first-order valence-electron chi connectivity index (χ1n) is 7.65. The van der Waals surface area contributed by atoms with Gasteiger partial charge in [-0.05, 0) is 29.8 Å². The number of hydrogen-bond donors (Lipinski definition) is 2. The van der Waals surface area contributed by atoms with E-state index in [2.05, 4.69) is 20.6 Å². The van der Waals surface area contributed by atoms with Gasteiger partial charge in [-0.3, -0.25) is 19.6 Å². The molecule has 7 nitrogen and oxygen atoms in total. The molecule has 0 atom stereocenters. The smallest absolute Gasteiger partial charge is 0.253 e. The van der Waals surface area contributed by atoms with E-state index in [9.17, 15) is 9.59 Å².